The van der Waals surface area contributed by atoms with E-state index in [-0.39, 0.29) is 0 Å². The molecule has 0 unspecified atom stereocenters. The maximum Gasteiger partial charge on any atom is 0.0458 e. The normalized spacial score (nSPS) is 44.7. The minimum Gasteiger partial charge on any atom is -0.318 e. The molecule has 64 valence electrons. The monoisotopic (exact) mass is 155 g/mol. The molecular formula is C8H17N3. The number of hydrogen-bond acceptors (Lipinski definition) is 3. The summed E-state index contributed by atoms with van der Waals surface area (Å²) in [5, 5.41) is 3.56. The Kier molecular flexibility index (Phi) is 1.67. The predicted octanol–water partition coefficient (Wildman–Crippen LogP) is -0.271. The Balaban J connectivity index is 2.13. The fourth-order valence-electron chi connectivity index (χ4n) is 2.52. The zero-order valence-electron chi connectivity index (χ0n) is 7.14. The molecule has 2 heterocycles. The van der Waals surface area contributed by atoms with Crippen molar-refractivity contribution in [3.63, 3.8) is 0 Å². The Bertz CT molecular complexity index is 159. The lowest BCUT2D eigenvalue weighted by molar-refractivity contribution is 0.234. The van der Waals surface area contributed by atoms with Crippen LogP contribution in [0.5, 0.6) is 0 Å². The average Bonchev–Trinajstić information content (AvgIpc) is 2.45. The standard InChI is InChI=1S/C8H17N3/c1-8-3-5-11(6-9)7(8)2-4-10-8/h7,10H,2-6,9H2,1H3/t7-,8-/m0/s1. The molecular weight excluding hydrogens is 138 g/mol. The first kappa shape index (κ1) is 7.53. The van der Waals surface area contributed by atoms with E-state index < -0.39 is 0 Å². The first-order valence-electron chi connectivity index (χ1n) is 4.45. The van der Waals surface area contributed by atoms with E-state index in [9.17, 15) is 0 Å². The van der Waals surface area contributed by atoms with Crippen LogP contribution < -0.4 is 11.1 Å². The van der Waals surface area contributed by atoms with E-state index in [1.807, 2.05) is 0 Å². The fraction of sp³-hybridized carbons (Fsp3) is 1.00. The average molecular weight is 155 g/mol. The summed E-state index contributed by atoms with van der Waals surface area (Å²) in [5.41, 5.74) is 6.02. The van der Waals surface area contributed by atoms with Crippen molar-refractivity contribution in [1.29, 1.82) is 0 Å². The minimum atomic E-state index is 0.374. The predicted molar refractivity (Wildman–Crippen MR) is 45.2 cm³/mol. The van der Waals surface area contributed by atoms with Gasteiger partial charge in [0.2, 0.25) is 0 Å². The van der Waals surface area contributed by atoms with E-state index in [0.717, 1.165) is 13.2 Å². The van der Waals surface area contributed by atoms with Gasteiger partial charge in [0.25, 0.3) is 0 Å². The highest BCUT2D eigenvalue weighted by Gasteiger charge is 2.45. The van der Waals surface area contributed by atoms with E-state index in [0.29, 0.717) is 11.6 Å². The molecule has 11 heavy (non-hydrogen) atoms. The van der Waals surface area contributed by atoms with Crippen molar-refractivity contribution in [3.8, 4) is 0 Å². The lowest BCUT2D eigenvalue weighted by atomic mass is 9.95. The summed E-state index contributed by atoms with van der Waals surface area (Å²) in [6.45, 7) is 5.38. The van der Waals surface area contributed by atoms with Gasteiger partial charge in [0.15, 0.2) is 0 Å². The summed E-state index contributed by atoms with van der Waals surface area (Å²) in [7, 11) is 0. The molecule has 2 rings (SSSR count). The molecule has 0 aromatic rings. The van der Waals surface area contributed by atoms with Crippen LogP contribution in [-0.4, -0.2) is 36.2 Å². The second kappa shape index (κ2) is 2.44. The maximum absolute atomic E-state index is 5.65. The molecule has 2 fully saturated rings. The van der Waals surface area contributed by atoms with Gasteiger partial charge in [-0.1, -0.05) is 0 Å². The summed E-state index contributed by atoms with van der Waals surface area (Å²) < 4.78 is 0. The van der Waals surface area contributed by atoms with E-state index in [1.54, 1.807) is 0 Å². The van der Waals surface area contributed by atoms with Gasteiger partial charge in [-0.25, -0.2) is 0 Å². The first-order chi connectivity index (χ1) is 5.26. The quantitative estimate of drug-likeness (QED) is 0.547. The number of fused-ring (bicyclic) bond motifs is 1. The summed E-state index contributed by atoms with van der Waals surface area (Å²) in [4.78, 5) is 2.39. The molecule has 3 heteroatoms. The molecule has 0 radical (unpaired) electrons. The van der Waals surface area contributed by atoms with Crippen LogP contribution in [0.1, 0.15) is 19.8 Å². The Labute approximate surface area is 67.9 Å². The van der Waals surface area contributed by atoms with Crippen LogP contribution in [-0.2, 0) is 0 Å². The molecule has 0 spiro atoms. The molecule has 2 aliphatic rings. The van der Waals surface area contributed by atoms with Gasteiger partial charge in [-0.05, 0) is 26.3 Å². The van der Waals surface area contributed by atoms with E-state index in [2.05, 4.69) is 17.1 Å². The number of likely N-dealkylation sites (tertiary alicyclic amines) is 1. The highest BCUT2D eigenvalue weighted by molar-refractivity contribution is 5.06. The third-order valence-electron chi connectivity index (χ3n) is 3.28. The number of nitrogens with one attached hydrogen (secondary N) is 1. The SMILES string of the molecule is C[C@]12CCN(CN)[C@H]1CCN2. The summed E-state index contributed by atoms with van der Waals surface area (Å²) in [5.74, 6) is 0. The van der Waals surface area contributed by atoms with Crippen molar-refractivity contribution in [2.45, 2.75) is 31.3 Å². The topological polar surface area (TPSA) is 41.3 Å². The molecule has 0 saturated carbocycles. The number of hydrogen-bond donors (Lipinski definition) is 2. The van der Waals surface area contributed by atoms with Crippen LogP contribution in [0, 0.1) is 0 Å². The van der Waals surface area contributed by atoms with Crippen molar-refractivity contribution in [2.75, 3.05) is 19.8 Å². The molecule has 3 nitrogen and oxygen atoms in total. The van der Waals surface area contributed by atoms with Crippen LogP contribution in [0.15, 0.2) is 0 Å². The second-order valence-electron chi connectivity index (χ2n) is 3.89. The highest BCUT2D eigenvalue weighted by Crippen LogP contribution is 2.33. The summed E-state index contributed by atoms with van der Waals surface area (Å²) >= 11 is 0. The molecule has 2 saturated heterocycles. The van der Waals surface area contributed by atoms with Gasteiger partial charge >= 0.3 is 0 Å². The van der Waals surface area contributed by atoms with Gasteiger partial charge in [-0.3, -0.25) is 4.90 Å². The van der Waals surface area contributed by atoms with Crippen LogP contribution in [0.3, 0.4) is 0 Å². The molecule has 0 aliphatic carbocycles. The number of nitrogens with two attached hydrogens (primary N) is 1. The molecule has 2 aliphatic heterocycles. The van der Waals surface area contributed by atoms with E-state index >= 15 is 0 Å². The third-order valence-corrected chi connectivity index (χ3v) is 3.28. The minimum absolute atomic E-state index is 0.374. The van der Waals surface area contributed by atoms with Gasteiger partial charge in [0, 0.05) is 24.8 Å². The van der Waals surface area contributed by atoms with Crippen molar-refractivity contribution in [1.82, 2.24) is 10.2 Å². The molecule has 2 atom stereocenters. The first-order valence-corrected chi connectivity index (χ1v) is 4.45. The van der Waals surface area contributed by atoms with Gasteiger partial charge in [0.1, 0.15) is 0 Å². The molecule has 0 aromatic carbocycles. The summed E-state index contributed by atoms with van der Waals surface area (Å²) in [6, 6.07) is 0.701. The lowest BCUT2D eigenvalue weighted by Crippen LogP contribution is -2.46. The highest BCUT2D eigenvalue weighted by atomic mass is 15.3. The van der Waals surface area contributed by atoms with E-state index in [4.69, 9.17) is 5.73 Å². The number of nitrogens with zero attached hydrogens (tertiary/aromatic N) is 1. The van der Waals surface area contributed by atoms with Gasteiger partial charge < -0.3 is 11.1 Å². The number of rotatable bonds is 1. The Hall–Kier alpha value is -0.120. The molecule has 0 aromatic heterocycles. The van der Waals surface area contributed by atoms with Crippen LogP contribution in [0.25, 0.3) is 0 Å². The third kappa shape index (κ3) is 0.991. The zero-order chi connectivity index (χ0) is 7.90. The Morgan fingerprint density at radius 1 is 1.73 bits per heavy atom. The zero-order valence-corrected chi connectivity index (χ0v) is 7.14. The largest absolute Gasteiger partial charge is 0.318 e. The van der Waals surface area contributed by atoms with E-state index in [1.165, 1.54) is 19.4 Å². The van der Waals surface area contributed by atoms with Crippen molar-refractivity contribution in [3.05, 3.63) is 0 Å². The Morgan fingerprint density at radius 3 is 3.27 bits per heavy atom. The van der Waals surface area contributed by atoms with Crippen LogP contribution >= 0.6 is 0 Å². The molecule has 0 bridgehead atoms. The van der Waals surface area contributed by atoms with Gasteiger partial charge in [-0.2, -0.15) is 0 Å². The van der Waals surface area contributed by atoms with Crippen LogP contribution in [0.2, 0.25) is 0 Å². The lowest BCUT2D eigenvalue weighted by Gasteiger charge is -2.27. The van der Waals surface area contributed by atoms with Crippen molar-refractivity contribution >= 4 is 0 Å². The maximum atomic E-state index is 5.65. The smallest absolute Gasteiger partial charge is 0.0458 e. The van der Waals surface area contributed by atoms with Gasteiger partial charge in [0.05, 0.1) is 0 Å². The second-order valence-corrected chi connectivity index (χ2v) is 3.89. The van der Waals surface area contributed by atoms with Crippen molar-refractivity contribution in [2.24, 2.45) is 5.73 Å². The fourth-order valence-corrected chi connectivity index (χ4v) is 2.52. The van der Waals surface area contributed by atoms with Crippen LogP contribution in [0.4, 0.5) is 0 Å². The van der Waals surface area contributed by atoms with Crippen molar-refractivity contribution < 1.29 is 0 Å². The molecule has 0 amide bonds. The van der Waals surface area contributed by atoms with Gasteiger partial charge in [-0.15, -0.1) is 0 Å². The molecule has 3 N–H and O–H groups in total. The summed E-state index contributed by atoms with van der Waals surface area (Å²) in [6.07, 6.45) is 2.53. The Morgan fingerprint density at radius 2 is 2.55 bits per heavy atom.